The maximum atomic E-state index is 13.2. The number of pyridine rings is 1. The molecule has 0 aliphatic heterocycles. The normalized spacial score (nSPS) is 10.3. The van der Waals surface area contributed by atoms with E-state index in [-0.39, 0.29) is 30.9 Å². The molecule has 0 unspecified atom stereocenters. The van der Waals surface area contributed by atoms with Crippen LogP contribution < -0.4 is 0 Å². The van der Waals surface area contributed by atoms with Crippen LogP contribution in [0.4, 0.5) is 4.39 Å². The Morgan fingerprint density at radius 3 is 2.65 bits per heavy atom. The summed E-state index contributed by atoms with van der Waals surface area (Å²) in [6.45, 7) is 1.93. The maximum absolute atomic E-state index is 13.2. The van der Waals surface area contributed by atoms with Crippen LogP contribution in [0.2, 0.25) is 0 Å². The van der Waals surface area contributed by atoms with Crippen molar-refractivity contribution in [2.75, 3.05) is 6.61 Å². The van der Waals surface area contributed by atoms with E-state index in [1.807, 2.05) is 0 Å². The zero-order chi connectivity index (χ0) is 16.8. The first kappa shape index (κ1) is 16.6. The van der Waals surface area contributed by atoms with Crippen molar-refractivity contribution in [3.05, 3.63) is 48.0 Å². The number of ketones is 1. The van der Waals surface area contributed by atoms with Gasteiger partial charge in [-0.05, 0) is 30.7 Å². The minimum atomic E-state index is -0.475. The van der Waals surface area contributed by atoms with E-state index in [1.165, 1.54) is 24.4 Å². The van der Waals surface area contributed by atoms with Gasteiger partial charge in [-0.1, -0.05) is 12.1 Å². The predicted molar refractivity (Wildman–Crippen MR) is 81.5 cm³/mol. The molecule has 1 heterocycles. The van der Waals surface area contributed by atoms with Crippen molar-refractivity contribution in [3.8, 4) is 16.9 Å². The number of hydrogen-bond acceptors (Lipinski definition) is 5. The summed E-state index contributed by atoms with van der Waals surface area (Å²) in [5.74, 6) is -1.64. The minimum absolute atomic E-state index is 0.0700. The van der Waals surface area contributed by atoms with E-state index in [2.05, 4.69) is 4.98 Å². The van der Waals surface area contributed by atoms with E-state index in [4.69, 9.17) is 4.74 Å². The Balaban J connectivity index is 2.13. The number of carbonyl (C=O) groups is 2. The van der Waals surface area contributed by atoms with Crippen molar-refractivity contribution >= 4 is 11.8 Å². The van der Waals surface area contributed by atoms with Crippen LogP contribution in [0.25, 0.3) is 11.1 Å². The van der Waals surface area contributed by atoms with Crippen molar-refractivity contribution in [1.29, 1.82) is 0 Å². The first-order valence-electron chi connectivity index (χ1n) is 7.15. The summed E-state index contributed by atoms with van der Waals surface area (Å²) in [7, 11) is 0. The van der Waals surface area contributed by atoms with Crippen LogP contribution in [-0.2, 0) is 9.53 Å². The topological polar surface area (TPSA) is 76.5 Å². The zero-order valence-corrected chi connectivity index (χ0v) is 12.6. The van der Waals surface area contributed by atoms with Gasteiger partial charge >= 0.3 is 5.97 Å². The maximum Gasteiger partial charge on any atom is 0.306 e. The molecular formula is C17H16FNO4. The molecule has 0 aliphatic rings. The molecule has 120 valence electrons. The lowest BCUT2D eigenvalue weighted by Crippen LogP contribution is -2.09. The molecule has 0 bridgehead atoms. The third-order valence-electron chi connectivity index (χ3n) is 3.15. The number of Topliss-reactive ketones (excluding diaryl/α,β-unsaturated/α-hetero) is 1. The number of esters is 1. The molecule has 2 rings (SSSR count). The summed E-state index contributed by atoms with van der Waals surface area (Å²) in [4.78, 5) is 27.2. The fraction of sp³-hybridized carbons (Fsp3) is 0.235. The smallest absolute Gasteiger partial charge is 0.306 e. The van der Waals surface area contributed by atoms with E-state index in [0.717, 1.165) is 0 Å². The molecule has 0 atom stereocenters. The Hall–Kier alpha value is -2.76. The Morgan fingerprint density at radius 1 is 1.22 bits per heavy atom. The molecule has 1 N–H and O–H groups in total. The Bertz CT molecular complexity index is 730. The Kier molecular flexibility index (Phi) is 5.41. The van der Waals surface area contributed by atoms with Gasteiger partial charge < -0.3 is 9.84 Å². The second-order valence-corrected chi connectivity index (χ2v) is 4.83. The largest absolute Gasteiger partial charge is 0.506 e. The van der Waals surface area contributed by atoms with Crippen molar-refractivity contribution in [1.82, 2.24) is 4.98 Å². The summed E-state index contributed by atoms with van der Waals surface area (Å²) in [6.07, 6.45) is 1.21. The summed E-state index contributed by atoms with van der Waals surface area (Å²) in [5.41, 5.74) is 0.914. The van der Waals surface area contributed by atoms with Crippen molar-refractivity contribution in [2.45, 2.75) is 19.8 Å². The Morgan fingerprint density at radius 2 is 2.00 bits per heavy atom. The summed E-state index contributed by atoms with van der Waals surface area (Å²) < 4.78 is 18.0. The number of ether oxygens (including phenoxy) is 1. The summed E-state index contributed by atoms with van der Waals surface area (Å²) >= 11 is 0. The zero-order valence-electron chi connectivity index (χ0n) is 12.6. The molecule has 0 radical (unpaired) electrons. The second-order valence-electron chi connectivity index (χ2n) is 4.83. The van der Waals surface area contributed by atoms with Gasteiger partial charge in [0.25, 0.3) is 0 Å². The number of hydrogen-bond donors (Lipinski definition) is 1. The van der Waals surface area contributed by atoms with E-state index < -0.39 is 17.6 Å². The van der Waals surface area contributed by atoms with Crippen LogP contribution >= 0.6 is 0 Å². The van der Waals surface area contributed by atoms with Crippen molar-refractivity contribution in [3.63, 3.8) is 0 Å². The monoisotopic (exact) mass is 317 g/mol. The van der Waals surface area contributed by atoms with Gasteiger partial charge in [-0.3, -0.25) is 9.59 Å². The van der Waals surface area contributed by atoms with Crippen LogP contribution in [-0.4, -0.2) is 28.4 Å². The lowest BCUT2D eigenvalue weighted by molar-refractivity contribution is -0.143. The molecule has 1 aromatic heterocycles. The summed E-state index contributed by atoms with van der Waals surface area (Å²) in [6, 6.07) is 7.17. The van der Waals surface area contributed by atoms with E-state index >= 15 is 0 Å². The molecule has 0 fully saturated rings. The van der Waals surface area contributed by atoms with Gasteiger partial charge in [-0.25, -0.2) is 9.37 Å². The van der Waals surface area contributed by atoms with Gasteiger partial charge in [-0.15, -0.1) is 0 Å². The highest BCUT2D eigenvalue weighted by Gasteiger charge is 2.16. The molecule has 0 amide bonds. The van der Waals surface area contributed by atoms with Gasteiger partial charge in [0.05, 0.1) is 13.0 Å². The number of aromatic nitrogens is 1. The first-order valence-corrected chi connectivity index (χ1v) is 7.15. The van der Waals surface area contributed by atoms with Crippen molar-refractivity contribution in [2.24, 2.45) is 0 Å². The number of halogens is 1. The molecule has 1 aromatic carbocycles. The highest BCUT2D eigenvalue weighted by molar-refractivity contribution is 5.98. The molecule has 0 aliphatic carbocycles. The van der Waals surface area contributed by atoms with E-state index in [0.29, 0.717) is 11.1 Å². The number of nitrogens with zero attached hydrogens (tertiary/aromatic N) is 1. The lowest BCUT2D eigenvalue weighted by atomic mass is 10.1. The van der Waals surface area contributed by atoms with Gasteiger partial charge in [-0.2, -0.15) is 0 Å². The third kappa shape index (κ3) is 4.35. The average molecular weight is 317 g/mol. The highest BCUT2D eigenvalue weighted by atomic mass is 19.1. The van der Waals surface area contributed by atoms with Crippen LogP contribution in [0.5, 0.6) is 5.75 Å². The standard InChI is InChI=1S/C17H16FNO4/c1-2-23-16(22)7-6-14(20)17-15(21)9-12(10-19-17)11-4-3-5-13(18)8-11/h3-5,8-10,21H,2,6-7H2,1H3. The molecule has 2 aromatic rings. The SMILES string of the molecule is CCOC(=O)CCC(=O)c1ncc(-c2cccc(F)c2)cc1O. The number of rotatable bonds is 6. The molecule has 23 heavy (non-hydrogen) atoms. The molecule has 0 saturated carbocycles. The first-order chi connectivity index (χ1) is 11.0. The van der Waals surface area contributed by atoms with Crippen LogP contribution in [0.1, 0.15) is 30.3 Å². The Labute approximate surface area is 132 Å². The molecular weight excluding hydrogens is 301 g/mol. The molecule has 6 heteroatoms. The third-order valence-corrected chi connectivity index (χ3v) is 3.15. The second kappa shape index (κ2) is 7.49. The summed E-state index contributed by atoms with van der Waals surface area (Å²) in [5, 5.41) is 9.97. The lowest BCUT2D eigenvalue weighted by Gasteiger charge is -2.06. The van der Waals surface area contributed by atoms with Crippen molar-refractivity contribution < 1.29 is 23.8 Å². The van der Waals surface area contributed by atoms with E-state index in [1.54, 1.807) is 19.1 Å². The van der Waals surface area contributed by atoms with Crippen LogP contribution in [0, 0.1) is 5.82 Å². The number of carbonyl (C=O) groups excluding carboxylic acids is 2. The fourth-order valence-corrected chi connectivity index (χ4v) is 2.06. The van der Waals surface area contributed by atoms with Crippen LogP contribution in [0.3, 0.4) is 0 Å². The van der Waals surface area contributed by atoms with Gasteiger partial charge in [0.1, 0.15) is 17.3 Å². The van der Waals surface area contributed by atoms with Crippen LogP contribution in [0.15, 0.2) is 36.5 Å². The molecule has 0 spiro atoms. The fourth-order valence-electron chi connectivity index (χ4n) is 2.06. The predicted octanol–water partition coefficient (Wildman–Crippen LogP) is 3.12. The number of benzene rings is 1. The van der Waals surface area contributed by atoms with Gasteiger partial charge in [0, 0.05) is 18.2 Å². The number of aromatic hydroxyl groups is 1. The van der Waals surface area contributed by atoms with Gasteiger partial charge in [0.2, 0.25) is 0 Å². The highest BCUT2D eigenvalue weighted by Crippen LogP contribution is 2.26. The van der Waals surface area contributed by atoms with Gasteiger partial charge in [0.15, 0.2) is 5.78 Å². The quantitative estimate of drug-likeness (QED) is 0.654. The molecule has 0 saturated heterocycles. The average Bonchev–Trinajstić information content (AvgIpc) is 2.53. The van der Waals surface area contributed by atoms with E-state index in [9.17, 15) is 19.1 Å². The minimum Gasteiger partial charge on any atom is -0.506 e. The molecule has 5 nitrogen and oxygen atoms in total.